The molecule has 0 aromatic heterocycles. The molecule has 1 N–H and O–H groups in total. The molecule has 1 aliphatic rings. The Hall–Kier alpha value is -0.570. The lowest BCUT2D eigenvalue weighted by Crippen LogP contribution is -2.18. The van der Waals surface area contributed by atoms with Gasteiger partial charge < -0.3 is 9.84 Å². The summed E-state index contributed by atoms with van der Waals surface area (Å²) in [6, 6.07) is 0. The van der Waals surface area contributed by atoms with Crippen molar-refractivity contribution in [2.45, 2.75) is 51.7 Å². The molecular formula is C10H18O3. The molecule has 0 aliphatic carbocycles. The van der Waals surface area contributed by atoms with Crippen molar-refractivity contribution in [1.82, 2.24) is 0 Å². The maximum absolute atomic E-state index is 10.3. The number of ether oxygens (including phenoxy) is 1. The molecule has 0 aromatic carbocycles. The minimum Gasteiger partial charge on any atom is -0.481 e. The highest BCUT2D eigenvalue weighted by Gasteiger charge is 2.26. The fourth-order valence-electron chi connectivity index (χ4n) is 1.79. The first-order valence-corrected chi connectivity index (χ1v) is 4.97. The summed E-state index contributed by atoms with van der Waals surface area (Å²) in [5.41, 5.74) is 0. The van der Waals surface area contributed by atoms with E-state index in [0.717, 1.165) is 19.3 Å². The highest BCUT2D eigenvalue weighted by Crippen LogP contribution is 2.27. The van der Waals surface area contributed by atoms with Crippen molar-refractivity contribution in [2.75, 3.05) is 0 Å². The fourth-order valence-corrected chi connectivity index (χ4v) is 1.79. The van der Waals surface area contributed by atoms with Crippen molar-refractivity contribution < 1.29 is 14.6 Å². The Balaban J connectivity index is 2.23. The third-order valence-corrected chi connectivity index (χ3v) is 2.71. The molecule has 0 spiro atoms. The van der Waals surface area contributed by atoms with Crippen molar-refractivity contribution in [1.29, 1.82) is 0 Å². The summed E-state index contributed by atoms with van der Waals surface area (Å²) in [6.07, 6.45) is 3.83. The quantitative estimate of drug-likeness (QED) is 0.731. The van der Waals surface area contributed by atoms with E-state index in [0.29, 0.717) is 12.0 Å². The van der Waals surface area contributed by atoms with E-state index in [-0.39, 0.29) is 12.5 Å². The van der Waals surface area contributed by atoms with Gasteiger partial charge in [-0.1, -0.05) is 6.92 Å². The zero-order valence-corrected chi connectivity index (χ0v) is 8.32. The van der Waals surface area contributed by atoms with Crippen molar-refractivity contribution in [3.63, 3.8) is 0 Å². The Bertz CT molecular complexity index is 179. The zero-order chi connectivity index (χ0) is 9.84. The molecule has 0 bridgehead atoms. The van der Waals surface area contributed by atoms with Crippen LogP contribution < -0.4 is 0 Å². The third kappa shape index (κ3) is 3.35. The maximum atomic E-state index is 10.3. The first-order valence-electron chi connectivity index (χ1n) is 4.97. The molecule has 1 rings (SSSR count). The molecule has 1 fully saturated rings. The van der Waals surface area contributed by atoms with Crippen LogP contribution in [0, 0.1) is 5.92 Å². The predicted octanol–water partition coefficient (Wildman–Crippen LogP) is 2.05. The van der Waals surface area contributed by atoms with Crippen LogP contribution in [0.15, 0.2) is 0 Å². The summed E-state index contributed by atoms with van der Waals surface area (Å²) in [5, 5.41) is 8.52. The minimum atomic E-state index is -0.710. The Morgan fingerprint density at radius 2 is 2.31 bits per heavy atom. The SMILES string of the molecule is CC1CCC(C(C)CCC(=O)O)O1. The van der Waals surface area contributed by atoms with E-state index >= 15 is 0 Å². The molecule has 0 aromatic rings. The van der Waals surface area contributed by atoms with Crippen LogP contribution in [0.3, 0.4) is 0 Å². The Morgan fingerprint density at radius 1 is 1.62 bits per heavy atom. The monoisotopic (exact) mass is 186 g/mol. The summed E-state index contributed by atoms with van der Waals surface area (Å²) < 4.78 is 5.66. The Kier molecular flexibility index (Phi) is 3.72. The van der Waals surface area contributed by atoms with Crippen LogP contribution in [0.5, 0.6) is 0 Å². The molecule has 3 unspecified atom stereocenters. The fraction of sp³-hybridized carbons (Fsp3) is 0.900. The molecule has 1 saturated heterocycles. The first-order chi connectivity index (χ1) is 6.09. The van der Waals surface area contributed by atoms with Crippen molar-refractivity contribution in [3.8, 4) is 0 Å². The van der Waals surface area contributed by atoms with E-state index < -0.39 is 5.97 Å². The van der Waals surface area contributed by atoms with E-state index in [2.05, 4.69) is 13.8 Å². The van der Waals surface area contributed by atoms with Gasteiger partial charge in [-0.3, -0.25) is 4.79 Å². The molecule has 13 heavy (non-hydrogen) atoms. The van der Waals surface area contributed by atoms with Gasteiger partial charge in [-0.2, -0.15) is 0 Å². The molecule has 1 heterocycles. The second-order valence-electron chi connectivity index (χ2n) is 3.97. The lowest BCUT2D eigenvalue weighted by atomic mass is 9.97. The summed E-state index contributed by atoms with van der Waals surface area (Å²) in [6.45, 7) is 4.15. The third-order valence-electron chi connectivity index (χ3n) is 2.71. The molecule has 76 valence electrons. The summed E-state index contributed by atoms with van der Waals surface area (Å²) in [4.78, 5) is 10.3. The van der Waals surface area contributed by atoms with Gasteiger partial charge in [0.05, 0.1) is 12.2 Å². The Morgan fingerprint density at radius 3 is 2.77 bits per heavy atom. The van der Waals surface area contributed by atoms with Gasteiger partial charge in [-0.15, -0.1) is 0 Å². The largest absolute Gasteiger partial charge is 0.481 e. The molecule has 0 amide bonds. The summed E-state index contributed by atoms with van der Waals surface area (Å²) in [5.74, 6) is -0.334. The van der Waals surface area contributed by atoms with E-state index in [4.69, 9.17) is 9.84 Å². The number of carboxylic acids is 1. The van der Waals surface area contributed by atoms with Crippen LogP contribution in [-0.4, -0.2) is 23.3 Å². The van der Waals surface area contributed by atoms with Crippen LogP contribution in [0.2, 0.25) is 0 Å². The zero-order valence-electron chi connectivity index (χ0n) is 8.32. The van der Waals surface area contributed by atoms with Crippen molar-refractivity contribution >= 4 is 5.97 Å². The lowest BCUT2D eigenvalue weighted by Gasteiger charge is -2.18. The van der Waals surface area contributed by atoms with E-state index in [1.54, 1.807) is 0 Å². The number of carboxylic acid groups (broad SMARTS) is 1. The maximum Gasteiger partial charge on any atom is 0.303 e. The topological polar surface area (TPSA) is 46.5 Å². The number of aliphatic carboxylic acids is 1. The average Bonchev–Trinajstić information content (AvgIpc) is 2.47. The lowest BCUT2D eigenvalue weighted by molar-refractivity contribution is -0.137. The highest BCUT2D eigenvalue weighted by molar-refractivity contribution is 5.66. The molecule has 3 atom stereocenters. The van der Waals surface area contributed by atoms with Gasteiger partial charge in [-0.05, 0) is 32.1 Å². The summed E-state index contributed by atoms with van der Waals surface area (Å²) in [7, 11) is 0. The number of carbonyl (C=O) groups is 1. The molecule has 1 aliphatic heterocycles. The second kappa shape index (κ2) is 4.61. The van der Waals surface area contributed by atoms with E-state index in [1.807, 2.05) is 0 Å². The first kappa shape index (κ1) is 10.5. The van der Waals surface area contributed by atoms with Gasteiger partial charge in [0.25, 0.3) is 0 Å². The second-order valence-corrected chi connectivity index (χ2v) is 3.97. The summed E-state index contributed by atoms with van der Waals surface area (Å²) >= 11 is 0. The molecule has 0 radical (unpaired) electrons. The van der Waals surface area contributed by atoms with Gasteiger partial charge in [0.15, 0.2) is 0 Å². The van der Waals surface area contributed by atoms with Gasteiger partial charge in [-0.25, -0.2) is 0 Å². The molecule has 0 saturated carbocycles. The van der Waals surface area contributed by atoms with Gasteiger partial charge in [0.2, 0.25) is 0 Å². The number of hydrogen-bond acceptors (Lipinski definition) is 2. The van der Waals surface area contributed by atoms with Gasteiger partial charge >= 0.3 is 5.97 Å². The average molecular weight is 186 g/mol. The number of hydrogen-bond donors (Lipinski definition) is 1. The normalized spacial score (nSPS) is 30.3. The molecule has 3 heteroatoms. The van der Waals surface area contributed by atoms with Crippen LogP contribution in [0.4, 0.5) is 0 Å². The smallest absolute Gasteiger partial charge is 0.303 e. The van der Waals surface area contributed by atoms with Gasteiger partial charge in [0, 0.05) is 6.42 Å². The van der Waals surface area contributed by atoms with Crippen molar-refractivity contribution in [3.05, 3.63) is 0 Å². The standard InChI is InChI=1S/C10H18O3/c1-7(3-6-10(11)12)9-5-4-8(2)13-9/h7-9H,3-6H2,1-2H3,(H,11,12). The van der Waals surface area contributed by atoms with E-state index in [9.17, 15) is 4.79 Å². The van der Waals surface area contributed by atoms with Crippen molar-refractivity contribution in [2.24, 2.45) is 5.92 Å². The molecular weight excluding hydrogens is 168 g/mol. The van der Waals surface area contributed by atoms with Gasteiger partial charge in [0.1, 0.15) is 0 Å². The van der Waals surface area contributed by atoms with Crippen LogP contribution in [-0.2, 0) is 9.53 Å². The minimum absolute atomic E-state index is 0.259. The number of rotatable bonds is 4. The van der Waals surface area contributed by atoms with Crippen LogP contribution in [0.1, 0.15) is 39.5 Å². The van der Waals surface area contributed by atoms with Crippen LogP contribution >= 0.6 is 0 Å². The van der Waals surface area contributed by atoms with E-state index in [1.165, 1.54) is 0 Å². The Labute approximate surface area is 79.1 Å². The predicted molar refractivity (Wildman–Crippen MR) is 49.6 cm³/mol. The van der Waals surface area contributed by atoms with Crippen LogP contribution in [0.25, 0.3) is 0 Å². The molecule has 3 nitrogen and oxygen atoms in total. The highest BCUT2D eigenvalue weighted by atomic mass is 16.5.